The van der Waals surface area contributed by atoms with Crippen molar-refractivity contribution in [3.8, 4) is 0 Å². The van der Waals surface area contributed by atoms with Crippen LogP contribution < -0.4 is 10.6 Å². The molecule has 0 aliphatic heterocycles. The minimum atomic E-state index is 1.05. The molecule has 0 atom stereocenters. The first-order valence-corrected chi connectivity index (χ1v) is 6.63. The molecular weight excluding hydrogens is 208 g/mol. The van der Waals surface area contributed by atoms with Crippen molar-refractivity contribution >= 4 is 0 Å². The van der Waals surface area contributed by atoms with Crippen LogP contribution in [0.3, 0.4) is 0 Å². The number of likely N-dealkylation sites (N-methyl/N-ethyl adjacent to an activating group) is 1. The van der Waals surface area contributed by atoms with E-state index in [4.69, 9.17) is 0 Å². The molecule has 2 heteroatoms. The lowest BCUT2D eigenvalue weighted by molar-refractivity contribution is 0.624. The average Bonchev–Trinajstić information content (AvgIpc) is 2.30. The third-order valence-corrected chi connectivity index (χ3v) is 3.25. The Bertz CT molecular complexity index is 345. The molecule has 0 unspecified atom stereocenters. The van der Waals surface area contributed by atoms with Crippen molar-refractivity contribution in [2.45, 2.75) is 34.1 Å². The molecule has 17 heavy (non-hydrogen) atoms. The molecule has 0 heterocycles. The molecule has 0 fully saturated rings. The molecule has 1 aromatic carbocycles. The summed E-state index contributed by atoms with van der Waals surface area (Å²) in [5.74, 6) is 0. The summed E-state index contributed by atoms with van der Waals surface area (Å²) >= 11 is 0. The fourth-order valence-electron chi connectivity index (χ4n) is 1.99. The molecule has 0 amide bonds. The van der Waals surface area contributed by atoms with Gasteiger partial charge in [0.1, 0.15) is 0 Å². The van der Waals surface area contributed by atoms with Crippen molar-refractivity contribution in [3.63, 3.8) is 0 Å². The highest BCUT2D eigenvalue weighted by atomic mass is 14.9. The van der Waals surface area contributed by atoms with Crippen molar-refractivity contribution < 1.29 is 0 Å². The molecular formula is C15H26N2. The van der Waals surface area contributed by atoms with Crippen LogP contribution in [-0.4, -0.2) is 26.2 Å². The maximum Gasteiger partial charge on any atom is 0.00768 e. The Morgan fingerprint density at radius 2 is 1.47 bits per heavy atom. The summed E-state index contributed by atoms with van der Waals surface area (Å²) in [5.41, 5.74) is 5.69. The zero-order chi connectivity index (χ0) is 12.7. The van der Waals surface area contributed by atoms with E-state index >= 15 is 0 Å². The summed E-state index contributed by atoms with van der Waals surface area (Å²) in [4.78, 5) is 0. The van der Waals surface area contributed by atoms with Gasteiger partial charge in [0.25, 0.3) is 0 Å². The lowest BCUT2D eigenvalue weighted by Gasteiger charge is -2.10. The van der Waals surface area contributed by atoms with Gasteiger partial charge in [0, 0.05) is 13.1 Å². The van der Waals surface area contributed by atoms with E-state index in [1.165, 1.54) is 22.3 Å². The van der Waals surface area contributed by atoms with E-state index in [0.29, 0.717) is 0 Å². The molecule has 1 rings (SSSR count). The monoisotopic (exact) mass is 234 g/mol. The first-order valence-electron chi connectivity index (χ1n) is 6.63. The summed E-state index contributed by atoms with van der Waals surface area (Å²) in [7, 11) is 0. The van der Waals surface area contributed by atoms with Crippen molar-refractivity contribution in [1.29, 1.82) is 0 Å². The number of benzene rings is 1. The summed E-state index contributed by atoms with van der Waals surface area (Å²) in [6, 6.07) is 4.62. The summed E-state index contributed by atoms with van der Waals surface area (Å²) in [6.07, 6.45) is 1.12. The molecule has 2 N–H and O–H groups in total. The van der Waals surface area contributed by atoms with Gasteiger partial charge in [0.2, 0.25) is 0 Å². The first-order chi connectivity index (χ1) is 8.15. The Morgan fingerprint density at radius 3 is 2.18 bits per heavy atom. The summed E-state index contributed by atoms with van der Waals surface area (Å²) in [5, 5.41) is 6.78. The van der Waals surface area contributed by atoms with E-state index in [1.807, 2.05) is 0 Å². The SMILES string of the molecule is CCNCCNCCc1cc(C)c(C)cc1C. The van der Waals surface area contributed by atoms with Gasteiger partial charge in [-0.25, -0.2) is 0 Å². The normalized spacial score (nSPS) is 10.8. The van der Waals surface area contributed by atoms with E-state index in [9.17, 15) is 0 Å². The Kier molecular flexibility index (Phi) is 6.23. The highest BCUT2D eigenvalue weighted by Crippen LogP contribution is 2.15. The van der Waals surface area contributed by atoms with Gasteiger partial charge in [0.15, 0.2) is 0 Å². The molecule has 1 aromatic rings. The van der Waals surface area contributed by atoms with Crippen LogP contribution in [0.25, 0.3) is 0 Å². The smallest absolute Gasteiger partial charge is 0.00768 e. The largest absolute Gasteiger partial charge is 0.316 e. The summed E-state index contributed by atoms with van der Waals surface area (Å²) < 4.78 is 0. The second-order valence-electron chi connectivity index (χ2n) is 4.72. The highest BCUT2D eigenvalue weighted by Gasteiger charge is 2.01. The second kappa shape index (κ2) is 7.46. The van der Waals surface area contributed by atoms with Crippen LogP contribution in [-0.2, 0) is 6.42 Å². The number of nitrogens with one attached hydrogen (secondary N) is 2. The van der Waals surface area contributed by atoms with Gasteiger partial charge in [-0.2, -0.15) is 0 Å². The molecule has 0 radical (unpaired) electrons. The number of rotatable bonds is 7. The molecule has 96 valence electrons. The lowest BCUT2D eigenvalue weighted by Crippen LogP contribution is -2.28. The second-order valence-corrected chi connectivity index (χ2v) is 4.72. The van der Waals surface area contributed by atoms with Crippen LogP contribution in [0.1, 0.15) is 29.2 Å². The van der Waals surface area contributed by atoms with Gasteiger partial charge in [-0.1, -0.05) is 19.1 Å². The lowest BCUT2D eigenvalue weighted by atomic mass is 9.99. The molecule has 0 aromatic heterocycles. The zero-order valence-corrected chi connectivity index (χ0v) is 11.7. The molecule has 0 saturated heterocycles. The van der Waals surface area contributed by atoms with Crippen molar-refractivity contribution in [2.24, 2.45) is 0 Å². The number of aryl methyl sites for hydroxylation is 3. The van der Waals surface area contributed by atoms with E-state index < -0.39 is 0 Å². The Morgan fingerprint density at radius 1 is 0.824 bits per heavy atom. The molecule has 0 aliphatic carbocycles. The van der Waals surface area contributed by atoms with Crippen LogP contribution in [0.2, 0.25) is 0 Å². The van der Waals surface area contributed by atoms with E-state index in [0.717, 1.165) is 32.6 Å². The van der Waals surface area contributed by atoms with Crippen molar-refractivity contribution in [1.82, 2.24) is 10.6 Å². The number of hydrogen-bond donors (Lipinski definition) is 2. The minimum absolute atomic E-state index is 1.05. The van der Waals surface area contributed by atoms with Crippen LogP contribution >= 0.6 is 0 Å². The van der Waals surface area contributed by atoms with Crippen molar-refractivity contribution in [3.05, 3.63) is 34.4 Å². The Labute approximate surface area is 106 Å². The first kappa shape index (κ1) is 14.2. The standard InChI is InChI=1S/C15H26N2/c1-5-16-8-9-17-7-6-15-11-13(3)12(2)10-14(15)4/h10-11,16-17H,5-9H2,1-4H3. The number of hydrogen-bond acceptors (Lipinski definition) is 2. The van der Waals surface area contributed by atoms with Gasteiger partial charge in [-0.05, 0) is 62.5 Å². The van der Waals surface area contributed by atoms with Crippen LogP contribution in [0, 0.1) is 20.8 Å². The predicted molar refractivity (Wildman–Crippen MR) is 75.8 cm³/mol. The van der Waals surface area contributed by atoms with Crippen LogP contribution in [0.15, 0.2) is 12.1 Å². The predicted octanol–water partition coefficient (Wildman–Crippen LogP) is 2.35. The Balaban J connectivity index is 2.34. The van der Waals surface area contributed by atoms with E-state index in [1.54, 1.807) is 0 Å². The van der Waals surface area contributed by atoms with Crippen molar-refractivity contribution in [2.75, 3.05) is 26.2 Å². The van der Waals surface area contributed by atoms with Crippen LogP contribution in [0.5, 0.6) is 0 Å². The van der Waals surface area contributed by atoms with E-state index in [2.05, 4.69) is 50.5 Å². The average molecular weight is 234 g/mol. The quantitative estimate of drug-likeness (QED) is 0.708. The molecule has 0 aliphatic rings. The third kappa shape index (κ3) is 4.88. The zero-order valence-electron chi connectivity index (χ0n) is 11.7. The minimum Gasteiger partial charge on any atom is -0.316 e. The Hall–Kier alpha value is -0.860. The van der Waals surface area contributed by atoms with Gasteiger partial charge in [-0.15, -0.1) is 0 Å². The highest BCUT2D eigenvalue weighted by molar-refractivity contribution is 5.36. The van der Waals surface area contributed by atoms with Gasteiger partial charge in [0.05, 0.1) is 0 Å². The van der Waals surface area contributed by atoms with E-state index in [-0.39, 0.29) is 0 Å². The summed E-state index contributed by atoms with van der Waals surface area (Å²) in [6.45, 7) is 12.9. The molecule has 2 nitrogen and oxygen atoms in total. The van der Waals surface area contributed by atoms with Gasteiger partial charge < -0.3 is 10.6 Å². The maximum atomic E-state index is 3.47. The topological polar surface area (TPSA) is 24.1 Å². The van der Waals surface area contributed by atoms with Crippen LogP contribution in [0.4, 0.5) is 0 Å². The molecule has 0 bridgehead atoms. The van der Waals surface area contributed by atoms with Gasteiger partial charge >= 0.3 is 0 Å². The molecule has 0 spiro atoms. The fourth-order valence-corrected chi connectivity index (χ4v) is 1.99. The third-order valence-electron chi connectivity index (χ3n) is 3.25. The fraction of sp³-hybridized carbons (Fsp3) is 0.600. The van der Waals surface area contributed by atoms with Gasteiger partial charge in [-0.3, -0.25) is 0 Å². The molecule has 0 saturated carbocycles. The maximum absolute atomic E-state index is 3.47.